The van der Waals surface area contributed by atoms with Gasteiger partial charge in [-0.3, -0.25) is 9.69 Å². The minimum absolute atomic E-state index is 0.458. The molecule has 0 aromatic heterocycles. The van der Waals surface area contributed by atoms with Gasteiger partial charge in [-0.1, -0.05) is 37.3 Å². The van der Waals surface area contributed by atoms with Crippen LogP contribution in [0.15, 0.2) is 30.3 Å². The number of amides is 1. The van der Waals surface area contributed by atoms with Crippen molar-refractivity contribution in [2.45, 2.75) is 37.8 Å². The molecule has 0 heterocycles. The molecule has 1 saturated carbocycles. The van der Waals surface area contributed by atoms with Gasteiger partial charge in [-0.2, -0.15) is 0 Å². The van der Waals surface area contributed by atoms with Crippen LogP contribution >= 0.6 is 0 Å². The number of nitrogens with zero attached hydrogens (tertiary/aromatic N) is 1. The fraction of sp³-hybridized carbons (Fsp3) is 0.533. The highest BCUT2D eigenvalue weighted by atomic mass is 16.1. The fourth-order valence-electron chi connectivity index (χ4n) is 2.48. The van der Waals surface area contributed by atoms with Crippen molar-refractivity contribution in [2.24, 2.45) is 11.5 Å². The Bertz CT molecular complexity index is 430. The second-order valence-electron chi connectivity index (χ2n) is 5.40. The number of hydrogen-bond donors (Lipinski definition) is 2. The van der Waals surface area contributed by atoms with E-state index in [0.29, 0.717) is 12.6 Å². The van der Waals surface area contributed by atoms with Crippen molar-refractivity contribution in [1.29, 1.82) is 0 Å². The summed E-state index contributed by atoms with van der Waals surface area (Å²) in [5.74, 6) is -0.458. The number of rotatable bonds is 7. The normalized spacial score (nSPS) is 18.3. The molecule has 1 aliphatic carbocycles. The molecule has 104 valence electrons. The molecule has 1 atom stereocenters. The monoisotopic (exact) mass is 261 g/mol. The Morgan fingerprint density at radius 3 is 2.47 bits per heavy atom. The van der Waals surface area contributed by atoms with Crippen molar-refractivity contribution in [3.05, 3.63) is 35.9 Å². The molecule has 0 aliphatic heterocycles. The highest BCUT2D eigenvalue weighted by Gasteiger charge is 2.39. The third-order valence-electron chi connectivity index (χ3n) is 3.76. The van der Waals surface area contributed by atoms with Crippen molar-refractivity contribution in [1.82, 2.24) is 4.90 Å². The van der Waals surface area contributed by atoms with E-state index in [2.05, 4.69) is 11.8 Å². The molecule has 1 unspecified atom stereocenters. The van der Waals surface area contributed by atoms with E-state index in [9.17, 15) is 4.79 Å². The quantitative estimate of drug-likeness (QED) is 0.774. The summed E-state index contributed by atoms with van der Waals surface area (Å²) in [5.41, 5.74) is 11.6. The predicted octanol–water partition coefficient (Wildman–Crippen LogP) is 1.20. The van der Waals surface area contributed by atoms with Crippen LogP contribution in [0.25, 0.3) is 0 Å². The van der Waals surface area contributed by atoms with E-state index in [0.717, 1.165) is 18.5 Å². The van der Waals surface area contributed by atoms with Gasteiger partial charge in [-0.15, -0.1) is 0 Å². The van der Waals surface area contributed by atoms with Crippen LogP contribution in [-0.2, 0) is 10.3 Å². The average molecular weight is 261 g/mol. The maximum absolute atomic E-state index is 11.9. The first-order valence-electron chi connectivity index (χ1n) is 6.96. The van der Waals surface area contributed by atoms with E-state index < -0.39 is 11.4 Å². The number of nitrogens with two attached hydrogens (primary N) is 2. The van der Waals surface area contributed by atoms with Crippen LogP contribution in [0.5, 0.6) is 0 Å². The van der Waals surface area contributed by atoms with E-state index in [-0.39, 0.29) is 0 Å². The smallest absolute Gasteiger partial charge is 0.243 e. The number of primary amides is 1. The van der Waals surface area contributed by atoms with Crippen LogP contribution < -0.4 is 11.5 Å². The van der Waals surface area contributed by atoms with E-state index in [4.69, 9.17) is 11.5 Å². The summed E-state index contributed by atoms with van der Waals surface area (Å²) in [6.45, 7) is 3.61. The van der Waals surface area contributed by atoms with Crippen LogP contribution in [0, 0.1) is 0 Å². The molecule has 1 amide bonds. The van der Waals surface area contributed by atoms with Crippen molar-refractivity contribution in [2.75, 3.05) is 13.1 Å². The highest BCUT2D eigenvalue weighted by Crippen LogP contribution is 2.30. The second-order valence-corrected chi connectivity index (χ2v) is 5.40. The van der Waals surface area contributed by atoms with E-state index in [1.807, 2.05) is 30.3 Å². The lowest BCUT2D eigenvalue weighted by Crippen LogP contribution is -2.56. The van der Waals surface area contributed by atoms with Gasteiger partial charge in [-0.25, -0.2) is 0 Å². The largest absolute Gasteiger partial charge is 0.368 e. The number of hydrogen-bond acceptors (Lipinski definition) is 3. The molecule has 0 radical (unpaired) electrons. The van der Waals surface area contributed by atoms with Crippen molar-refractivity contribution in [3.63, 3.8) is 0 Å². The number of carbonyl (C=O) groups excluding carboxylic acids is 1. The molecule has 1 fully saturated rings. The summed E-state index contributed by atoms with van der Waals surface area (Å²) in [4.78, 5) is 14.2. The molecule has 19 heavy (non-hydrogen) atoms. The first kappa shape index (κ1) is 14.0. The topological polar surface area (TPSA) is 72.3 Å². The molecule has 4 N–H and O–H groups in total. The Balaban J connectivity index is 2.21. The van der Waals surface area contributed by atoms with Gasteiger partial charge in [0.15, 0.2) is 0 Å². The molecule has 0 saturated heterocycles. The minimum atomic E-state index is -1.10. The molecule has 4 nitrogen and oxygen atoms in total. The zero-order valence-electron chi connectivity index (χ0n) is 11.5. The van der Waals surface area contributed by atoms with Crippen molar-refractivity contribution in [3.8, 4) is 0 Å². The molecule has 4 heteroatoms. The first-order chi connectivity index (χ1) is 9.08. The zero-order chi connectivity index (χ0) is 13.9. The Morgan fingerprint density at radius 2 is 2.00 bits per heavy atom. The molecule has 2 rings (SSSR count). The number of carbonyl (C=O) groups is 1. The summed E-state index contributed by atoms with van der Waals surface area (Å²) in [6.07, 6.45) is 3.45. The Hall–Kier alpha value is -1.39. The maximum Gasteiger partial charge on any atom is 0.243 e. The van der Waals surface area contributed by atoms with Crippen LogP contribution in [0.1, 0.15) is 31.7 Å². The first-order valence-corrected chi connectivity index (χ1v) is 6.96. The standard InChI is InChI=1S/C15H23N3O/c1-2-10-18(13-8-9-13)11-15(17,14(16)19)12-6-4-3-5-7-12/h3-7,13H,2,8-11,17H2,1H3,(H2,16,19). The lowest BCUT2D eigenvalue weighted by Gasteiger charge is -2.33. The zero-order valence-corrected chi connectivity index (χ0v) is 11.5. The molecule has 1 aromatic rings. The maximum atomic E-state index is 11.9. The Labute approximate surface area is 114 Å². The average Bonchev–Trinajstić information content (AvgIpc) is 3.23. The van der Waals surface area contributed by atoms with Gasteiger partial charge < -0.3 is 11.5 Å². The van der Waals surface area contributed by atoms with Crippen LogP contribution in [0.4, 0.5) is 0 Å². The molecule has 1 aromatic carbocycles. The van der Waals surface area contributed by atoms with E-state index >= 15 is 0 Å². The van der Waals surface area contributed by atoms with Crippen LogP contribution in [-0.4, -0.2) is 29.9 Å². The summed E-state index contributed by atoms with van der Waals surface area (Å²) < 4.78 is 0. The SMILES string of the molecule is CCCN(CC(N)(C(N)=O)c1ccccc1)C1CC1. The lowest BCUT2D eigenvalue weighted by atomic mass is 9.89. The summed E-state index contributed by atoms with van der Waals surface area (Å²) >= 11 is 0. The van der Waals surface area contributed by atoms with Crippen molar-refractivity contribution >= 4 is 5.91 Å². The lowest BCUT2D eigenvalue weighted by molar-refractivity contribution is -0.124. The van der Waals surface area contributed by atoms with Gasteiger partial charge in [0.1, 0.15) is 5.54 Å². The van der Waals surface area contributed by atoms with E-state index in [1.165, 1.54) is 12.8 Å². The van der Waals surface area contributed by atoms with Gasteiger partial charge in [-0.05, 0) is 31.4 Å². The third-order valence-corrected chi connectivity index (χ3v) is 3.76. The second kappa shape index (κ2) is 5.72. The molecule has 1 aliphatic rings. The van der Waals surface area contributed by atoms with Gasteiger partial charge in [0.05, 0.1) is 0 Å². The summed E-state index contributed by atoms with van der Waals surface area (Å²) in [7, 11) is 0. The molecular weight excluding hydrogens is 238 g/mol. The summed E-state index contributed by atoms with van der Waals surface area (Å²) in [6, 6.07) is 10.0. The van der Waals surface area contributed by atoms with Gasteiger partial charge in [0.25, 0.3) is 0 Å². The number of benzene rings is 1. The molecule has 0 bridgehead atoms. The van der Waals surface area contributed by atoms with Gasteiger partial charge in [0, 0.05) is 12.6 Å². The Morgan fingerprint density at radius 1 is 1.37 bits per heavy atom. The third kappa shape index (κ3) is 3.14. The molecule has 0 spiro atoms. The summed E-state index contributed by atoms with van der Waals surface area (Å²) in [5, 5.41) is 0. The van der Waals surface area contributed by atoms with Crippen molar-refractivity contribution < 1.29 is 4.79 Å². The fourth-order valence-corrected chi connectivity index (χ4v) is 2.48. The minimum Gasteiger partial charge on any atom is -0.368 e. The van der Waals surface area contributed by atoms with Crippen LogP contribution in [0.2, 0.25) is 0 Å². The molecular formula is C15H23N3O. The van der Waals surface area contributed by atoms with Gasteiger partial charge in [0.2, 0.25) is 5.91 Å². The Kier molecular flexibility index (Phi) is 4.22. The predicted molar refractivity (Wildman–Crippen MR) is 76.4 cm³/mol. The highest BCUT2D eigenvalue weighted by molar-refractivity contribution is 5.86. The van der Waals surface area contributed by atoms with Crippen LogP contribution in [0.3, 0.4) is 0 Å². The van der Waals surface area contributed by atoms with E-state index in [1.54, 1.807) is 0 Å². The van der Waals surface area contributed by atoms with Gasteiger partial charge >= 0.3 is 0 Å².